The minimum absolute atomic E-state index is 0.247. The van der Waals surface area contributed by atoms with E-state index in [-0.39, 0.29) is 5.15 Å². The van der Waals surface area contributed by atoms with Gasteiger partial charge in [-0.25, -0.2) is 4.98 Å². The van der Waals surface area contributed by atoms with Crippen LogP contribution in [0.1, 0.15) is 34.3 Å². The summed E-state index contributed by atoms with van der Waals surface area (Å²) in [5, 5.41) is 0.972. The Bertz CT molecular complexity index is 930. The molecule has 5 nitrogen and oxygen atoms in total. The number of hydrogen-bond acceptors (Lipinski definition) is 5. The predicted octanol–water partition coefficient (Wildman–Crippen LogP) is 5.71. The van der Waals surface area contributed by atoms with E-state index in [0.717, 1.165) is 18.5 Å². The summed E-state index contributed by atoms with van der Waals surface area (Å²) in [5.41, 5.74) is 2.33. The highest BCUT2D eigenvalue weighted by atomic mass is 35.5. The van der Waals surface area contributed by atoms with Crippen LogP contribution >= 0.6 is 34.8 Å². The average Bonchev–Trinajstić information content (AvgIpc) is 3.52. The van der Waals surface area contributed by atoms with Crippen LogP contribution in [0.3, 0.4) is 0 Å². The van der Waals surface area contributed by atoms with Gasteiger partial charge in [0.2, 0.25) is 0 Å². The summed E-state index contributed by atoms with van der Waals surface area (Å²) in [5.74, 6) is 1.50. The number of rotatable bonds is 8. The number of aromatic nitrogens is 1. The molecule has 1 aromatic heterocycles. The van der Waals surface area contributed by atoms with Gasteiger partial charge in [-0.3, -0.25) is 4.79 Å². The third-order valence-electron chi connectivity index (χ3n) is 4.82. The lowest BCUT2D eigenvalue weighted by molar-refractivity contribution is 0.112. The summed E-state index contributed by atoms with van der Waals surface area (Å²) in [6.07, 6.45) is 6.50. The van der Waals surface area contributed by atoms with E-state index in [2.05, 4.69) is 9.88 Å². The molecule has 1 aliphatic rings. The van der Waals surface area contributed by atoms with Crippen LogP contribution in [-0.2, 0) is 0 Å². The van der Waals surface area contributed by atoms with Gasteiger partial charge in [0.1, 0.15) is 16.7 Å². The quantitative estimate of drug-likeness (QED) is 0.377. The Labute approximate surface area is 185 Å². The zero-order chi connectivity index (χ0) is 21.1. The molecule has 0 amide bonds. The number of carbonyl (C=O) groups is 1. The average molecular weight is 456 g/mol. The van der Waals surface area contributed by atoms with Crippen molar-refractivity contribution in [3.05, 3.63) is 50.2 Å². The minimum atomic E-state index is 0.247. The number of halogens is 3. The van der Waals surface area contributed by atoms with E-state index in [9.17, 15) is 4.79 Å². The van der Waals surface area contributed by atoms with Crippen molar-refractivity contribution in [1.82, 2.24) is 9.88 Å². The van der Waals surface area contributed by atoms with Crippen LogP contribution in [0.4, 0.5) is 0 Å². The van der Waals surface area contributed by atoms with Crippen LogP contribution in [0.5, 0.6) is 11.5 Å². The fourth-order valence-electron chi connectivity index (χ4n) is 3.09. The number of aldehydes is 1. The number of hydrogen-bond donors (Lipinski definition) is 0. The van der Waals surface area contributed by atoms with Gasteiger partial charge < -0.3 is 14.4 Å². The molecule has 1 aliphatic carbocycles. The molecular weight excluding hydrogens is 435 g/mol. The number of carbonyl (C=O) groups excluding carboxylic acids is 1. The van der Waals surface area contributed by atoms with Crippen molar-refractivity contribution in [2.24, 2.45) is 5.92 Å². The van der Waals surface area contributed by atoms with E-state index in [0.29, 0.717) is 44.2 Å². The lowest BCUT2D eigenvalue weighted by atomic mass is 10.0. The summed E-state index contributed by atoms with van der Waals surface area (Å²) in [4.78, 5) is 17.8. The number of benzene rings is 1. The van der Waals surface area contributed by atoms with Crippen molar-refractivity contribution in [2.75, 3.05) is 27.8 Å². The number of methoxy groups -OCH3 is 2. The fraction of sp³-hybridized carbons (Fsp3) is 0.333. The molecular formula is C21H21Cl3N2O3. The van der Waals surface area contributed by atoms with Gasteiger partial charge in [0.05, 0.1) is 24.3 Å². The third-order valence-corrected chi connectivity index (χ3v) is 5.78. The normalized spacial score (nSPS) is 13.9. The van der Waals surface area contributed by atoms with Crippen LogP contribution in [0.15, 0.2) is 18.3 Å². The second-order valence-electron chi connectivity index (χ2n) is 6.89. The number of ether oxygens (including phenoxy) is 2. The monoisotopic (exact) mass is 454 g/mol. The van der Waals surface area contributed by atoms with Crippen molar-refractivity contribution in [2.45, 2.75) is 12.8 Å². The maximum atomic E-state index is 11.6. The van der Waals surface area contributed by atoms with E-state index in [1.54, 1.807) is 12.3 Å². The molecule has 1 aromatic carbocycles. The fourth-order valence-corrected chi connectivity index (χ4v) is 3.96. The van der Waals surface area contributed by atoms with Crippen LogP contribution in [0, 0.1) is 5.92 Å². The second-order valence-corrected chi connectivity index (χ2v) is 8.03. The van der Waals surface area contributed by atoms with Crippen molar-refractivity contribution in [3.8, 4) is 11.5 Å². The summed E-state index contributed by atoms with van der Waals surface area (Å²) in [6.45, 7) is 0.829. The molecule has 2 aromatic rings. The molecule has 1 saturated carbocycles. The van der Waals surface area contributed by atoms with E-state index in [4.69, 9.17) is 44.3 Å². The first kappa shape index (κ1) is 21.8. The second kappa shape index (κ2) is 9.24. The molecule has 0 aliphatic heterocycles. The maximum Gasteiger partial charge on any atom is 0.150 e. The van der Waals surface area contributed by atoms with Gasteiger partial charge in [-0.2, -0.15) is 0 Å². The van der Waals surface area contributed by atoms with E-state index in [1.165, 1.54) is 33.1 Å². The summed E-state index contributed by atoms with van der Waals surface area (Å²) in [6, 6.07) is 3.17. The first-order valence-corrected chi connectivity index (χ1v) is 10.2. The molecule has 0 radical (unpaired) electrons. The summed E-state index contributed by atoms with van der Waals surface area (Å²) < 4.78 is 10.8. The van der Waals surface area contributed by atoms with Gasteiger partial charge >= 0.3 is 0 Å². The SMILES string of the molecule is COc1cc(OC)c(Cl)c(/C(=C/c2cnc(Cl)cc2C=O)N(C)CC2CC2)c1Cl. The molecule has 0 saturated heterocycles. The smallest absolute Gasteiger partial charge is 0.150 e. The Morgan fingerprint density at radius 2 is 1.76 bits per heavy atom. The van der Waals surface area contributed by atoms with Crippen molar-refractivity contribution >= 4 is 52.9 Å². The molecule has 0 bridgehead atoms. The Morgan fingerprint density at radius 3 is 2.28 bits per heavy atom. The molecule has 0 unspecified atom stereocenters. The third kappa shape index (κ3) is 4.80. The minimum Gasteiger partial charge on any atom is -0.495 e. The summed E-state index contributed by atoms with van der Waals surface area (Å²) >= 11 is 19.3. The first-order valence-electron chi connectivity index (χ1n) is 9.03. The lowest BCUT2D eigenvalue weighted by Crippen LogP contribution is -2.20. The topological polar surface area (TPSA) is 51.7 Å². The highest BCUT2D eigenvalue weighted by molar-refractivity contribution is 6.39. The Hall–Kier alpha value is -1.95. The number of pyridine rings is 1. The van der Waals surface area contributed by atoms with Crippen LogP contribution < -0.4 is 9.47 Å². The summed E-state index contributed by atoms with van der Waals surface area (Å²) in [7, 11) is 5.03. The van der Waals surface area contributed by atoms with Gasteiger partial charge in [-0.15, -0.1) is 0 Å². The largest absolute Gasteiger partial charge is 0.495 e. The standard InChI is InChI=1S/C21H21Cl3N2O3/c1-26(10-12-4-5-12)15(6-13-9-25-18(22)7-14(13)11-27)19-20(23)16(28-2)8-17(29-3)21(19)24/h6-9,11-12H,4-5,10H2,1-3H3/b15-6-. The van der Waals surface area contributed by atoms with Gasteiger partial charge in [-0.05, 0) is 30.9 Å². The molecule has 1 heterocycles. The zero-order valence-corrected chi connectivity index (χ0v) is 18.6. The van der Waals surface area contributed by atoms with E-state index in [1.807, 2.05) is 13.1 Å². The Balaban J connectivity index is 2.23. The van der Waals surface area contributed by atoms with Gasteiger partial charge in [0.15, 0.2) is 6.29 Å². The van der Waals surface area contributed by atoms with Crippen LogP contribution in [0.25, 0.3) is 11.8 Å². The number of nitrogens with zero attached hydrogens (tertiary/aromatic N) is 2. The molecule has 0 N–H and O–H groups in total. The Kier molecular flexibility index (Phi) is 6.93. The predicted molar refractivity (Wildman–Crippen MR) is 117 cm³/mol. The molecule has 0 spiro atoms. The Morgan fingerprint density at radius 1 is 1.14 bits per heavy atom. The van der Waals surface area contributed by atoms with Gasteiger partial charge in [-0.1, -0.05) is 34.8 Å². The van der Waals surface area contributed by atoms with Gasteiger partial charge in [0.25, 0.3) is 0 Å². The first-order chi connectivity index (χ1) is 13.9. The zero-order valence-electron chi connectivity index (χ0n) is 16.3. The lowest BCUT2D eigenvalue weighted by Gasteiger charge is -2.26. The highest BCUT2D eigenvalue weighted by Gasteiger charge is 2.27. The highest BCUT2D eigenvalue weighted by Crippen LogP contribution is 2.45. The van der Waals surface area contributed by atoms with Crippen molar-refractivity contribution in [3.63, 3.8) is 0 Å². The van der Waals surface area contributed by atoms with E-state index < -0.39 is 0 Å². The molecule has 8 heteroatoms. The van der Waals surface area contributed by atoms with Crippen LogP contribution in [0.2, 0.25) is 15.2 Å². The van der Waals surface area contributed by atoms with Crippen LogP contribution in [-0.4, -0.2) is 44.0 Å². The molecule has 29 heavy (non-hydrogen) atoms. The molecule has 3 rings (SSSR count). The van der Waals surface area contributed by atoms with E-state index >= 15 is 0 Å². The van der Waals surface area contributed by atoms with Gasteiger partial charge in [0, 0.05) is 48.2 Å². The molecule has 154 valence electrons. The van der Waals surface area contributed by atoms with Crippen molar-refractivity contribution < 1.29 is 14.3 Å². The van der Waals surface area contributed by atoms with Crippen molar-refractivity contribution in [1.29, 1.82) is 0 Å². The molecule has 1 fully saturated rings. The molecule has 0 atom stereocenters. The maximum absolute atomic E-state index is 11.6.